The third-order valence-electron chi connectivity index (χ3n) is 4.04. The van der Waals surface area contributed by atoms with Crippen LogP contribution in [-0.2, 0) is 15.1 Å². The highest BCUT2D eigenvalue weighted by atomic mass is 16.6. The summed E-state index contributed by atoms with van der Waals surface area (Å²) in [6.07, 6.45) is 2.31. The Morgan fingerprint density at radius 2 is 2.13 bits per heavy atom. The number of rotatable bonds is 4. The van der Waals surface area contributed by atoms with Crippen LogP contribution in [0.1, 0.15) is 19.4 Å². The maximum atomic E-state index is 11.0. The lowest BCUT2D eigenvalue weighted by Crippen LogP contribution is -2.46. The Morgan fingerprint density at radius 3 is 2.83 bits per heavy atom. The lowest BCUT2D eigenvalue weighted by molar-refractivity contribution is 0.0297. The van der Waals surface area contributed by atoms with Gasteiger partial charge in [0.25, 0.3) is 0 Å². The van der Waals surface area contributed by atoms with Gasteiger partial charge in [-0.15, -0.1) is 0 Å². The Labute approximate surface area is 133 Å². The topological polar surface area (TPSA) is 116 Å². The van der Waals surface area contributed by atoms with E-state index < -0.39 is 11.6 Å². The van der Waals surface area contributed by atoms with Gasteiger partial charge in [-0.3, -0.25) is 4.98 Å². The highest BCUT2D eigenvalue weighted by molar-refractivity contribution is 5.72. The van der Waals surface area contributed by atoms with Crippen molar-refractivity contribution in [1.29, 1.82) is 0 Å². The summed E-state index contributed by atoms with van der Waals surface area (Å²) in [6.45, 7) is 4.05. The summed E-state index contributed by atoms with van der Waals surface area (Å²) in [5.74, 6) is 0.536. The summed E-state index contributed by atoms with van der Waals surface area (Å²) in [6, 6.07) is 0.871. The van der Waals surface area contributed by atoms with Crippen molar-refractivity contribution in [3.8, 4) is 5.75 Å². The molecule has 2 saturated heterocycles. The second-order valence-electron chi connectivity index (χ2n) is 6.34. The Hall–Kier alpha value is -1.90. The Balaban J connectivity index is 1.67. The van der Waals surface area contributed by atoms with Crippen LogP contribution in [0.15, 0.2) is 18.5 Å². The molecule has 0 spiro atoms. The minimum absolute atomic E-state index is 0.271. The molecule has 8 nitrogen and oxygen atoms in total. The fraction of sp³-hybridized carbons (Fsp3) is 0.600. The molecule has 3 heterocycles. The fourth-order valence-electron chi connectivity index (χ4n) is 2.86. The van der Waals surface area contributed by atoms with Crippen LogP contribution in [0.5, 0.6) is 5.75 Å². The first-order valence-corrected chi connectivity index (χ1v) is 7.48. The molecule has 0 aliphatic carbocycles. The summed E-state index contributed by atoms with van der Waals surface area (Å²) in [4.78, 5) is 15.1. The molecule has 0 aromatic carbocycles. The van der Waals surface area contributed by atoms with E-state index in [1.807, 2.05) is 0 Å². The Bertz CT molecular complexity index is 589. The molecule has 2 aliphatic heterocycles. The maximum Gasteiger partial charge on any atom is 0.312 e. The van der Waals surface area contributed by atoms with Crippen LogP contribution < -0.4 is 15.8 Å². The number of amides is 2. The largest absolute Gasteiger partial charge is 0.484 e. The molecule has 1 aromatic heterocycles. The van der Waals surface area contributed by atoms with Gasteiger partial charge in [-0.25, -0.2) is 4.79 Å². The van der Waals surface area contributed by atoms with E-state index in [4.69, 9.17) is 19.9 Å². The molecule has 126 valence electrons. The highest BCUT2D eigenvalue weighted by Gasteiger charge is 2.49. The fourth-order valence-corrected chi connectivity index (χ4v) is 2.86. The lowest BCUT2D eigenvalue weighted by Gasteiger charge is -2.21. The van der Waals surface area contributed by atoms with Crippen molar-refractivity contribution in [2.24, 2.45) is 5.73 Å². The van der Waals surface area contributed by atoms with Gasteiger partial charge in [-0.2, -0.15) is 0 Å². The van der Waals surface area contributed by atoms with Gasteiger partial charge in [0.1, 0.15) is 18.0 Å². The minimum Gasteiger partial charge on any atom is -0.484 e. The first kappa shape index (κ1) is 16.0. The van der Waals surface area contributed by atoms with E-state index in [-0.39, 0.29) is 24.4 Å². The average Bonchev–Trinajstić information content (AvgIpc) is 3.02. The summed E-state index contributed by atoms with van der Waals surface area (Å²) < 4.78 is 17.3. The standard InChI is InChI=1S/C15H21N3O5/c1-15(2,20)8-3-9(5-17-4-8)23-11-7-22-12-10(18-14(16)19)6-21-13(11)12/h3-5,10-13,20H,6-7H2,1-2H3,(H3,16,18,19)/t10-,11-,12+,13+/m0/s1. The number of primary amides is 1. The lowest BCUT2D eigenvalue weighted by atomic mass is 10.0. The van der Waals surface area contributed by atoms with E-state index >= 15 is 0 Å². The molecule has 0 saturated carbocycles. The number of carbonyl (C=O) groups excluding carboxylic acids is 1. The van der Waals surface area contributed by atoms with Crippen molar-refractivity contribution < 1.29 is 24.1 Å². The van der Waals surface area contributed by atoms with E-state index in [0.29, 0.717) is 24.5 Å². The summed E-state index contributed by atoms with van der Waals surface area (Å²) in [5, 5.41) is 12.7. The van der Waals surface area contributed by atoms with Crippen LogP contribution in [0.25, 0.3) is 0 Å². The summed E-state index contributed by atoms with van der Waals surface area (Å²) in [7, 11) is 0. The van der Waals surface area contributed by atoms with E-state index in [1.54, 1.807) is 32.3 Å². The second-order valence-corrected chi connectivity index (χ2v) is 6.34. The number of ether oxygens (including phenoxy) is 3. The summed E-state index contributed by atoms with van der Waals surface area (Å²) >= 11 is 0. The number of hydrogen-bond acceptors (Lipinski definition) is 6. The predicted molar refractivity (Wildman–Crippen MR) is 79.9 cm³/mol. The third kappa shape index (κ3) is 3.39. The maximum absolute atomic E-state index is 11.0. The number of nitrogens with one attached hydrogen (secondary N) is 1. The van der Waals surface area contributed by atoms with Crippen LogP contribution in [0.4, 0.5) is 4.79 Å². The van der Waals surface area contributed by atoms with Crippen molar-refractivity contribution in [3.05, 3.63) is 24.0 Å². The smallest absolute Gasteiger partial charge is 0.312 e. The van der Waals surface area contributed by atoms with Crippen molar-refractivity contribution in [3.63, 3.8) is 0 Å². The monoisotopic (exact) mass is 323 g/mol. The Kier molecular flexibility index (Phi) is 4.13. The van der Waals surface area contributed by atoms with Crippen LogP contribution in [0, 0.1) is 0 Å². The van der Waals surface area contributed by atoms with Crippen molar-refractivity contribution >= 4 is 6.03 Å². The molecule has 4 N–H and O–H groups in total. The molecule has 8 heteroatoms. The number of pyridine rings is 1. The van der Waals surface area contributed by atoms with Crippen LogP contribution >= 0.6 is 0 Å². The van der Waals surface area contributed by atoms with Crippen molar-refractivity contribution in [2.45, 2.75) is 43.8 Å². The molecular formula is C15H21N3O5. The molecule has 23 heavy (non-hydrogen) atoms. The van der Waals surface area contributed by atoms with Gasteiger partial charge >= 0.3 is 6.03 Å². The van der Waals surface area contributed by atoms with Gasteiger partial charge in [0, 0.05) is 11.8 Å². The zero-order chi connectivity index (χ0) is 16.6. The first-order valence-electron chi connectivity index (χ1n) is 7.48. The van der Waals surface area contributed by atoms with Gasteiger partial charge in [-0.1, -0.05) is 0 Å². The van der Waals surface area contributed by atoms with Gasteiger partial charge in [0.05, 0.1) is 31.1 Å². The molecule has 2 amide bonds. The number of aliphatic hydroxyl groups is 1. The molecule has 0 radical (unpaired) electrons. The minimum atomic E-state index is -0.999. The van der Waals surface area contributed by atoms with Crippen LogP contribution in [-0.4, -0.2) is 53.7 Å². The SMILES string of the molecule is CC(C)(O)c1cncc(O[C@H]2CO[C@H]3[C@@H]2OC[C@@H]3NC(N)=O)c1. The number of hydrogen-bond donors (Lipinski definition) is 3. The average molecular weight is 323 g/mol. The normalized spacial score (nSPS) is 30.0. The molecule has 0 bridgehead atoms. The Morgan fingerprint density at radius 1 is 1.39 bits per heavy atom. The van der Waals surface area contributed by atoms with Gasteiger partial charge in [0.15, 0.2) is 6.10 Å². The molecule has 3 rings (SSSR count). The first-order chi connectivity index (χ1) is 10.8. The quantitative estimate of drug-likeness (QED) is 0.712. The summed E-state index contributed by atoms with van der Waals surface area (Å²) in [5.41, 5.74) is 4.81. The number of nitrogens with two attached hydrogens (primary N) is 1. The molecular weight excluding hydrogens is 302 g/mol. The van der Waals surface area contributed by atoms with E-state index in [2.05, 4.69) is 10.3 Å². The molecule has 0 unspecified atom stereocenters. The number of aromatic nitrogens is 1. The zero-order valence-corrected chi connectivity index (χ0v) is 13.1. The van der Waals surface area contributed by atoms with Gasteiger partial charge in [-0.05, 0) is 19.9 Å². The van der Waals surface area contributed by atoms with E-state index in [9.17, 15) is 9.90 Å². The number of nitrogens with zero attached hydrogens (tertiary/aromatic N) is 1. The van der Waals surface area contributed by atoms with Gasteiger partial charge < -0.3 is 30.4 Å². The molecule has 2 aliphatic rings. The molecule has 1 aromatic rings. The zero-order valence-electron chi connectivity index (χ0n) is 13.1. The van der Waals surface area contributed by atoms with E-state index in [1.165, 1.54) is 0 Å². The van der Waals surface area contributed by atoms with Crippen LogP contribution in [0.2, 0.25) is 0 Å². The molecule has 2 fully saturated rings. The number of fused-ring (bicyclic) bond motifs is 1. The molecule has 4 atom stereocenters. The van der Waals surface area contributed by atoms with Crippen LogP contribution in [0.3, 0.4) is 0 Å². The van der Waals surface area contributed by atoms with Crippen molar-refractivity contribution in [1.82, 2.24) is 10.3 Å². The third-order valence-corrected chi connectivity index (χ3v) is 4.04. The van der Waals surface area contributed by atoms with Crippen molar-refractivity contribution in [2.75, 3.05) is 13.2 Å². The van der Waals surface area contributed by atoms with E-state index in [0.717, 1.165) is 0 Å². The number of urea groups is 1. The predicted octanol–water partition coefficient (Wildman–Crippen LogP) is -0.109. The second kappa shape index (κ2) is 5.95. The highest BCUT2D eigenvalue weighted by Crippen LogP contribution is 2.31. The number of carbonyl (C=O) groups is 1. The van der Waals surface area contributed by atoms with Gasteiger partial charge in [0.2, 0.25) is 0 Å².